The molecule has 0 aliphatic carbocycles. The molecular formula is C12H16ClNO2S. The maximum absolute atomic E-state index is 6.12. The van der Waals surface area contributed by atoms with E-state index in [1.165, 1.54) is 0 Å². The van der Waals surface area contributed by atoms with Gasteiger partial charge in [0.2, 0.25) is 6.79 Å². The van der Waals surface area contributed by atoms with Gasteiger partial charge in [-0.25, -0.2) is 0 Å². The lowest BCUT2D eigenvalue weighted by molar-refractivity contribution is 0.174. The summed E-state index contributed by atoms with van der Waals surface area (Å²) in [5.74, 6) is 2.33. The summed E-state index contributed by atoms with van der Waals surface area (Å²) >= 11 is 7.99. The maximum Gasteiger partial charge on any atom is 0.231 e. The molecule has 17 heavy (non-hydrogen) atoms. The molecule has 0 bridgehead atoms. The molecule has 1 unspecified atom stereocenters. The number of fused-ring (bicyclic) bond motifs is 1. The molecule has 0 amide bonds. The molecule has 0 spiro atoms. The molecule has 0 fully saturated rings. The minimum absolute atomic E-state index is 0.259. The first-order valence-electron chi connectivity index (χ1n) is 5.60. The summed E-state index contributed by atoms with van der Waals surface area (Å²) in [4.78, 5) is 0. The van der Waals surface area contributed by atoms with Crippen molar-refractivity contribution in [1.29, 1.82) is 0 Å². The first-order valence-corrected chi connectivity index (χ1v) is 7.03. The zero-order chi connectivity index (χ0) is 12.3. The van der Waals surface area contributed by atoms with Crippen molar-refractivity contribution >= 4 is 23.4 Å². The van der Waals surface area contributed by atoms with Crippen molar-refractivity contribution in [2.24, 2.45) is 5.73 Å². The lowest BCUT2D eigenvalue weighted by Gasteiger charge is -2.10. The Morgan fingerprint density at radius 2 is 2.29 bits per heavy atom. The fourth-order valence-corrected chi connectivity index (χ4v) is 2.89. The zero-order valence-electron chi connectivity index (χ0n) is 9.74. The Morgan fingerprint density at radius 3 is 3.06 bits per heavy atom. The summed E-state index contributed by atoms with van der Waals surface area (Å²) < 4.78 is 10.6. The van der Waals surface area contributed by atoms with E-state index in [-0.39, 0.29) is 6.79 Å². The Bertz CT molecular complexity index is 400. The van der Waals surface area contributed by atoms with E-state index >= 15 is 0 Å². The van der Waals surface area contributed by atoms with Crippen LogP contribution in [0.25, 0.3) is 0 Å². The Labute approximate surface area is 111 Å². The average molecular weight is 274 g/mol. The molecule has 1 aromatic carbocycles. The van der Waals surface area contributed by atoms with Gasteiger partial charge in [0.25, 0.3) is 0 Å². The minimum Gasteiger partial charge on any atom is -0.454 e. The molecule has 5 heteroatoms. The van der Waals surface area contributed by atoms with Crippen molar-refractivity contribution in [1.82, 2.24) is 0 Å². The smallest absolute Gasteiger partial charge is 0.231 e. The molecule has 94 valence electrons. The molecule has 0 radical (unpaired) electrons. The number of thioether (sulfide) groups is 1. The van der Waals surface area contributed by atoms with E-state index in [4.69, 9.17) is 26.8 Å². The highest BCUT2D eigenvalue weighted by molar-refractivity contribution is 7.99. The van der Waals surface area contributed by atoms with Crippen LogP contribution in [0.4, 0.5) is 0 Å². The molecule has 2 N–H and O–H groups in total. The van der Waals surface area contributed by atoms with Crippen LogP contribution >= 0.6 is 23.4 Å². The Morgan fingerprint density at radius 1 is 1.47 bits per heavy atom. The maximum atomic E-state index is 6.12. The van der Waals surface area contributed by atoms with E-state index in [2.05, 4.69) is 6.92 Å². The Balaban J connectivity index is 2.00. The first kappa shape index (κ1) is 12.9. The highest BCUT2D eigenvalue weighted by Crippen LogP contribution is 2.40. The summed E-state index contributed by atoms with van der Waals surface area (Å²) in [5.41, 5.74) is 6.69. The summed E-state index contributed by atoms with van der Waals surface area (Å²) in [6.07, 6.45) is 1.03. The van der Waals surface area contributed by atoms with Gasteiger partial charge in [-0.1, -0.05) is 18.5 Å². The van der Waals surface area contributed by atoms with E-state index in [9.17, 15) is 0 Å². The van der Waals surface area contributed by atoms with Gasteiger partial charge in [-0.3, -0.25) is 0 Å². The van der Waals surface area contributed by atoms with Crippen LogP contribution in [0.1, 0.15) is 18.9 Å². The van der Waals surface area contributed by atoms with Gasteiger partial charge in [0, 0.05) is 11.0 Å². The third-order valence-corrected chi connectivity index (χ3v) is 4.18. The predicted molar refractivity (Wildman–Crippen MR) is 72.0 cm³/mol. The second-order valence-electron chi connectivity index (χ2n) is 4.01. The standard InChI is InChI=1S/C12H16ClNO2S/c1-8(2-3-14)17-6-9-4-10(13)12-11(5-9)15-7-16-12/h4-5,8H,2-3,6-7,14H2,1H3. The van der Waals surface area contributed by atoms with Crippen LogP contribution in [0, 0.1) is 0 Å². The number of halogens is 1. The molecule has 0 saturated heterocycles. The van der Waals surface area contributed by atoms with Crippen LogP contribution in [-0.2, 0) is 5.75 Å². The van der Waals surface area contributed by atoms with Crippen LogP contribution in [0.15, 0.2) is 12.1 Å². The summed E-state index contributed by atoms with van der Waals surface area (Å²) in [6, 6.07) is 3.94. The van der Waals surface area contributed by atoms with Gasteiger partial charge in [0.1, 0.15) is 0 Å². The molecule has 1 atom stereocenters. The lowest BCUT2D eigenvalue weighted by Crippen LogP contribution is -2.07. The van der Waals surface area contributed by atoms with Crippen molar-refractivity contribution in [3.05, 3.63) is 22.7 Å². The van der Waals surface area contributed by atoms with E-state index < -0.39 is 0 Å². The largest absolute Gasteiger partial charge is 0.454 e. The fraction of sp³-hybridized carbons (Fsp3) is 0.500. The molecule has 1 aliphatic rings. The number of benzene rings is 1. The molecule has 1 aromatic rings. The van der Waals surface area contributed by atoms with Crippen LogP contribution in [0.3, 0.4) is 0 Å². The lowest BCUT2D eigenvalue weighted by atomic mass is 10.2. The van der Waals surface area contributed by atoms with Gasteiger partial charge in [-0.15, -0.1) is 0 Å². The highest BCUT2D eigenvalue weighted by atomic mass is 35.5. The van der Waals surface area contributed by atoms with Crippen molar-refractivity contribution in [2.75, 3.05) is 13.3 Å². The second-order valence-corrected chi connectivity index (χ2v) is 5.84. The monoisotopic (exact) mass is 273 g/mol. The van der Waals surface area contributed by atoms with Crippen molar-refractivity contribution in [3.8, 4) is 11.5 Å². The van der Waals surface area contributed by atoms with E-state index in [1.54, 1.807) is 0 Å². The number of hydrogen-bond acceptors (Lipinski definition) is 4. The summed E-state index contributed by atoms with van der Waals surface area (Å²) in [7, 11) is 0. The summed E-state index contributed by atoms with van der Waals surface area (Å²) in [5, 5.41) is 1.19. The van der Waals surface area contributed by atoms with Crippen LogP contribution in [0.2, 0.25) is 5.02 Å². The normalized spacial score (nSPS) is 15.0. The third-order valence-electron chi connectivity index (χ3n) is 2.59. The van der Waals surface area contributed by atoms with E-state index in [1.807, 2.05) is 23.9 Å². The molecule has 0 saturated carbocycles. The number of hydrogen-bond donors (Lipinski definition) is 1. The van der Waals surface area contributed by atoms with Gasteiger partial charge >= 0.3 is 0 Å². The highest BCUT2D eigenvalue weighted by Gasteiger charge is 2.18. The summed E-state index contributed by atoms with van der Waals surface area (Å²) in [6.45, 7) is 3.18. The second kappa shape index (κ2) is 5.85. The molecule has 1 aliphatic heterocycles. The van der Waals surface area contributed by atoms with Crippen molar-refractivity contribution < 1.29 is 9.47 Å². The van der Waals surface area contributed by atoms with Gasteiger partial charge in [0.15, 0.2) is 11.5 Å². The van der Waals surface area contributed by atoms with E-state index in [0.717, 1.165) is 30.0 Å². The average Bonchev–Trinajstić information content (AvgIpc) is 2.75. The van der Waals surface area contributed by atoms with Crippen molar-refractivity contribution in [2.45, 2.75) is 24.3 Å². The quantitative estimate of drug-likeness (QED) is 0.896. The van der Waals surface area contributed by atoms with Gasteiger partial charge in [0.05, 0.1) is 5.02 Å². The fourth-order valence-electron chi connectivity index (χ4n) is 1.66. The molecule has 1 heterocycles. The Kier molecular flexibility index (Phi) is 4.42. The van der Waals surface area contributed by atoms with Gasteiger partial charge in [-0.05, 0) is 30.7 Å². The number of rotatable bonds is 5. The van der Waals surface area contributed by atoms with Crippen LogP contribution < -0.4 is 15.2 Å². The van der Waals surface area contributed by atoms with Crippen LogP contribution in [0.5, 0.6) is 11.5 Å². The Hall–Kier alpha value is -0.580. The minimum atomic E-state index is 0.259. The topological polar surface area (TPSA) is 44.5 Å². The van der Waals surface area contributed by atoms with Gasteiger partial charge in [-0.2, -0.15) is 11.8 Å². The van der Waals surface area contributed by atoms with Crippen LogP contribution in [-0.4, -0.2) is 18.6 Å². The predicted octanol–water partition coefficient (Wildman–Crippen LogP) is 3.04. The van der Waals surface area contributed by atoms with Crippen molar-refractivity contribution in [3.63, 3.8) is 0 Å². The first-order chi connectivity index (χ1) is 8.20. The molecule has 3 nitrogen and oxygen atoms in total. The molecule has 0 aromatic heterocycles. The van der Waals surface area contributed by atoms with Gasteiger partial charge < -0.3 is 15.2 Å². The van der Waals surface area contributed by atoms with E-state index in [0.29, 0.717) is 16.0 Å². The molecular weight excluding hydrogens is 258 g/mol. The zero-order valence-corrected chi connectivity index (χ0v) is 11.3. The third kappa shape index (κ3) is 3.21. The SMILES string of the molecule is CC(CCN)SCc1cc(Cl)c2c(c1)OCO2. The number of nitrogens with two attached hydrogens (primary N) is 1. The molecule has 2 rings (SSSR count). The number of ether oxygens (including phenoxy) is 2.